The summed E-state index contributed by atoms with van der Waals surface area (Å²) in [6.07, 6.45) is 6.80. The van der Waals surface area contributed by atoms with Crippen LogP contribution in [0.4, 0.5) is 4.39 Å². The first kappa shape index (κ1) is 22.0. The van der Waals surface area contributed by atoms with Crippen molar-refractivity contribution in [1.82, 2.24) is 20.3 Å². The number of hydrogen-bond acceptors (Lipinski definition) is 3. The zero-order valence-electron chi connectivity index (χ0n) is 18.4. The summed E-state index contributed by atoms with van der Waals surface area (Å²) in [5.41, 5.74) is 5.37. The number of aromatic amines is 1. The summed E-state index contributed by atoms with van der Waals surface area (Å²) in [6, 6.07) is 12.7. The molecule has 6 rings (SSSR count). The van der Waals surface area contributed by atoms with Gasteiger partial charge in [-0.2, -0.15) is 0 Å². The third kappa shape index (κ3) is 4.03. The number of rotatable bonds is 4. The van der Waals surface area contributed by atoms with Crippen molar-refractivity contribution in [3.05, 3.63) is 105 Å². The predicted octanol–water partition coefficient (Wildman–Crippen LogP) is 6.57. The van der Waals surface area contributed by atoms with E-state index in [2.05, 4.69) is 26.3 Å². The lowest BCUT2D eigenvalue weighted by Gasteiger charge is -2.14. The molecule has 0 fully saturated rings. The van der Waals surface area contributed by atoms with E-state index in [1.54, 1.807) is 18.5 Å². The summed E-state index contributed by atoms with van der Waals surface area (Å²) in [5.74, 6) is -0.627. The van der Waals surface area contributed by atoms with Gasteiger partial charge in [-0.3, -0.25) is 14.8 Å². The number of aromatic nitrogens is 3. The Balaban J connectivity index is 1.25. The van der Waals surface area contributed by atoms with Gasteiger partial charge >= 0.3 is 0 Å². The van der Waals surface area contributed by atoms with Crippen molar-refractivity contribution in [2.24, 2.45) is 0 Å². The average Bonchev–Trinajstić information content (AvgIpc) is 3.44. The van der Waals surface area contributed by atoms with Crippen LogP contribution in [0.15, 0.2) is 61.1 Å². The van der Waals surface area contributed by atoms with Crippen LogP contribution in [0.3, 0.4) is 0 Å². The smallest absolute Gasteiger partial charge is 0.253 e. The fourth-order valence-electron chi connectivity index (χ4n) is 4.80. The lowest BCUT2D eigenvalue weighted by Crippen LogP contribution is -2.23. The van der Waals surface area contributed by atoms with Gasteiger partial charge in [-0.05, 0) is 66.4 Å². The van der Waals surface area contributed by atoms with E-state index in [1.165, 1.54) is 6.07 Å². The van der Waals surface area contributed by atoms with E-state index in [0.717, 1.165) is 40.6 Å². The zero-order valence-corrected chi connectivity index (χ0v) is 19.9. The quantitative estimate of drug-likeness (QED) is 0.291. The fraction of sp³-hybridized carbons (Fsp3) is 0.148. The molecule has 1 amide bonds. The molecule has 0 radical (unpaired) electrons. The van der Waals surface area contributed by atoms with Gasteiger partial charge < -0.3 is 10.3 Å². The molecular formula is C27H19Cl2FN4O. The van der Waals surface area contributed by atoms with Gasteiger partial charge in [0.2, 0.25) is 0 Å². The topological polar surface area (TPSA) is 70.7 Å². The second kappa shape index (κ2) is 8.63. The Morgan fingerprint density at radius 1 is 1.11 bits per heavy atom. The minimum Gasteiger partial charge on any atom is -0.360 e. The Bertz CT molecular complexity index is 1630. The van der Waals surface area contributed by atoms with Gasteiger partial charge in [0.25, 0.3) is 5.91 Å². The van der Waals surface area contributed by atoms with Crippen LogP contribution in [0, 0.1) is 5.82 Å². The number of amides is 1. The van der Waals surface area contributed by atoms with Crippen molar-refractivity contribution in [3.63, 3.8) is 0 Å². The first-order valence-electron chi connectivity index (χ1n) is 11.2. The number of pyridine rings is 2. The van der Waals surface area contributed by atoms with Gasteiger partial charge in [-0.1, -0.05) is 23.2 Å². The molecule has 5 nitrogen and oxygen atoms in total. The highest BCUT2D eigenvalue weighted by atomic mass is 35.5. The number of nitrogens with zero attached hydrogens (tertiary/aromatic N) is 2. The number of benzene rings is 2. The highest BCUT2D eigenvalue weighted by molar-refractivity contribution is 6.35. The molecule has 1 unspecified atom stereocenters. The van der Waals surface area contributed by atoms with E-state index < -0.39 is 5.82 Å². The van der Waals surface area contributed by atoms with Crippen LogP contribution in [-0.2, 0) is 13.0 Å². The Kier molecular flexibility index (Phi) is 5.43. The molecule has 0 saturated carbocycles. The molecule has 1 atom stereocenters. The number of halogens is 3. The zero-order chi connectivity index (χ0) is 24.1. The first-order chi connectivity index (χ1) is 17.0. The highest BCUT2D eigenvalue weighted by Crippen LogP contribution is 2.38. The minimum atomic E-state index is -0.410. The summed E-state index contributed by atoms with van der Waals surface area (Å²) >= 11 is 12.3. The molecule has 3 aromatic heterocycles. The molecule has 35 heavy (non-hydrogen) atoms. The van der Waals surface area contributed by atoms with E-state index in [-0.39, 0.29) is 18.4 Å². The number of nitrogens with one attached hydrogen (secondary N) is 2. The maximum Gasteiger partial charge on any atom is 0.253 e. The third-order valence-electron chi connectivity index (χ3n) is 6.62. The van der Waals surface area contributed by atoms with E-state index in [4.69, 9.17) is 23.2 Å². The van der Waals surface area contributed by atoms with Crippen molar-refractivity contribution in [2.75, 3.05) is 0 Å². The van der Waals surface area contributed by atoms with Crippen LogP contribution in [0.2, 0.25) is 10.0 Å². The van der Waals surface area contributed by atoms with Gasteiger partial charge in [-0.15, -0.1) is 0 Å². The predicted molar refractivity (Wildman–Crippen MR) is 136 cm³/mol. The van der Waals surface area contributed by atoms with Crippen LogP contribution in [0.1, 0.15) is 45.1 Å². The normalized spacial score (nSPS) is 15.0. The highest BCUT2D eigenvalue weighted by Gasteiger charge is 2.27. The van der Waals surface area contributed by atoms with Crippen LogP contribution in [-0.4, -0.2) is 20.9 Å². The second-order valence-corrected chi connectivity index (χ2v) is 9.61. The Labute approximate surface area is 210 Å². The van der Waals surface area contributed by atoms with E-state index in [1.807, 2.05) is 30.5 Å². The fourth-order valence-corrected chi connectivity index (χ4v) is 5.20. The number of fused-ring (bicyclic) bond motifs is 3. The van der Waals surface area contributed by atoms with Crippen molar-refractivity contribution in [2.45, 2.75) is 25.3 Å². The molecule has 0 bridgehead atoms. The summed E-state index contributed by atoms with van der Waals surface area (Å²) in [5, 5.41) is 5.67. The molecule has 1 aliphatic carbocycles. The number of aryl methyl sites for hydroxylation is 1. The molecule has 0 aliphatic heterocycles. The van der Waals surface area contributed by atoms with Gasteiger partial charge in [0, 0.05) is 63.6 Å². The van der Waals surface area contributed by atoms with Crippen LogP contribution < -0.4 is 5.32 Å². The maximum absolute atomic E-state index is 14.5. The van der Waals surface area contributed by atoms with Gasteiger partial charge in [0.15, 0.2) is 0 Å². The van der Waals surface area contributed by atoms with Crippen LogP contribution in [0.25, 0.3) is 21.8 Å². The summed E-state index contributed by atoms with van der Waals surface area (Å²) in [4.78, 5) is 25.0. The number of carbonyl (C=O) groups is 1. The summed E-state index contributed by atoms with van der Waals surface area (Å²) < 4.78 is 14.5. The van der Waals surface area contributed by atoms with Crippen molar-refractivity contribution < 1.29 is 9.18 Å². The number of carbonyl (C=O) groups excluding carboxylic acids is 1. The molecule has 8 heteroatoms. The lowest BCUT2D eigenvalue weighted by atomic mass is 9.93. The van der Waals surface area contributed by atoms with E-state index >= 15 is 0 Å². The lowest BCUT2D eigenvalue weighted by molar-refractivity contribution is 0.0950. The molecular weight excluding hydrogens is 486 g/mol. The molecule has 2 aromatic carbocycles. The monoisotopic (exact) mass is 504 g/mol. The molecule has 3 heterocycles. The minimum absolute atomic E-state index is 0.0397. The van der Waals surface area contributed by atoms with Gasteiger partial charge in [0.05, 0.1) is 16.1 Å². The average molecular weight is 505 g/mol. The summed E-state index contributed by atoms with van der Waals surface area (Å²) in [7, 11) is 0. The second-order valence-electron chi connectivity index (χ2n) is 8.77. The molecule has 0 saturated heterocycles. The van der Waals surface area contributed by atoms with E-state index in [0.29, 0.717) is 32.1 Å². The maximum atomic E-state index is 14.5. The molecule has 0 spiro atoms. The SMILES string of the molecule is O=C(NCc1cc2c(Cl)c[nH]c2cc1F)c1cnc2c(c1)C(c1cnc3ccc(Cl)cc3c1)CC2. The third-order valence-corrected chi connectivity index (χ3v) is 7.16. The summed E-state index contributed by atoms with van der Waals surface area (Å²) in [6.45, 7) is 0.0397. The van der Waals surface area contributed by atoms with Gasteiger partial charge in [-0.25, -0.2) is 4.39 Å². The van der Waals surface area contributed by atoms with Gasteiger partial charge in [0.1, 0.15) is 5.82 Å². The van der Waals surface area contributed by atoms with E-state index in [9.17, 15) is 9.18 Å². The Morgan fingerprint density at radius 3 is 2.89 bits per heavy atom. The number of hydrogen-bond donors (Lipinski definition) is 2. The van der Waals surface area contributed by atoms with Crippen LogP contribution in [0.5, 0.6) is 0 Å². The molecule has 5 aromatic rings. The standard InChI is InChI=1S/C27H19Cl2FN4O/c28-18-1-3-24-14(6-18)5-15(10-31-24)19-2-4-25-20(19)8-17(12-32-25)27(35)34-11-16-7-21-22(29)13-33-26(21)9-23(16)30/h1,3,5-10,12-13,19,33H,2,4,11H2,(H,34,35). The Hall–Kier alpha value is -3.48. The molecule has 2 N–H and O–H groups in total. The Morgan fingerprint density at radius 2 is 2.00 bits per heavy atom. The molecule has 1 aliphatic rings. The van der Waals surface area contributed by atoms with Crippen LogP contribution >= 0.6 is 23.2 Å². The van der Waals surface area contributed by atoms with Crippen molar-refractivity contribution in [3.8, 4) is 0 Å². The number of H-pyrrole nitrogens is 1. The first-order valence-corrected chi connectivity index (χ1v) is 12.0. The largest absolute Gasteiger partial charge is 0.360 e. The van der Waals surface area contributed by atoms with Crippen molar-refractivity contribution in [1.29, 1.82) is 0 Å². The van der Waals surface area contributed by atoms with Crippen molar-refractivity contribution >= 4 is 50.9 Å². The molecule has 174 valence electrons.